The molecule has 22 heavy (non-hydrogen) atoms. The highest BCUT2D eigenvalue weighted by Gasteiger charge is 2.24. The maximum Gasteiger partial charge on any atom is 0.313 e. The van der Waals surface area contributed by atoms with Gasteiger partial charge in [0, 0.05) is 12.5 Å². The maximum atomic E-state index is 12.9. The van der Waals surface area contributed by atoms with Crippen molar-refractivity contribution in [3.05, 3.63) is 29.0 Å². The van der Waals surface area contributed by atoms with Crippen molar-refractivity contribution in [1.29, 1.82) is 0 Å². The van der Waals surface area contributed by atoms with Gasteiger partial charge in [0.15, 0.2) is 0 Å². The van der Waals surface area contributed by atoms with Crippen molar-refractivity contribution in [2.75, 3.05) is 11.9 Å². The van der Waals surface area contributed by atoms with Crippen molar-refractivity contribution in [2.45, 2.75) is 31.8 Å². The summed E-state index contributed by atoms with van der Waals surface area (Å²) in [5.41, 5.74) is 0.168. The number of carbonyl (C=O) groups excluding carboxylic acids is 2. The Bertz CT molecular complexity index is 568. The maximum absolute atomic E-state index is 12.9. The first kappa shape index (κ1) is 16.7. The summed E-state index contributed by atoms with van der Waals surface area (Å²) in [6.45, 7) is 0.255. The third-order valence-electron chi connectivity index (χ3n) is 3.78. The fourth-order valence-corrected chi connectivity index (χ4v) is 2.71. The predicted molar refractivity (Wildman–Crippen MR) is 81.0 cm³/mol. The van der Waals surface area contributed by atoms with Crippen LogP contribution in [0.3, 0.4) is 0 Å². The second-order valence-corrected chi connectivity index (χ2v) is 5.81. The zero-order chi connectivity index (χ0) is 16.1. The number of halogens is 2. The van der Waals surface area contributed by atoms with Crippen LogP contribution in [0.4, 0.5) is 10.1 Å². The molecule has 0 bridgehead atoms. The topological polar surface area (TPSA) is 78.4 Å². The number of hydrogen-bond donors (Lipinski definition) is 3. The predicted octanol–water partition coefficient (Wildman–Crippen LogP) is 2.08. The number of carbonyl (C=O) groups is 2. The number of hydrogen-bond acceptors (Lipinski definition) is 3. The molecule has 0 aliphatic heterocycles. The first-order valence-corrected chi connectivity index (χ1v) is 7.57. The van der Waals surface area contributed by atoms with Gasteiger partial charge in [-0.1, -0.05) is 24.4 Å². The molecule has 0 heterocycles. The molecule has 0 saturated heterocycles. The molecule has 5 nitrogen and oxygen atoms in total. The van der Waals surface area contributed by atoms with Crippen molar-refractivity contribution in [2.24, 2.45) is 5.92 Å². The van der Waals surface area contributed by atoms with Crippen molar-refractivity contribution in [3.8, 4) is 0 Å². The smallest absolute Gasteiger partial charge is 0.313 e. The van der Waals surface area contributed by atoms with Gasteiger partial charge >= 0.3 is 11.8 Å². The first-order chi connectivity index (χ1) is 10.5. The standard InChI is InChI=1S/C15H18ClFN2O3/c16-11-7-10(17)5-6-12(11)19-15(22)14(21)18-8-9-3-1-2-4-13(9)20/h5-7,9,13,20H,1-4,8H2,(H,18,21)(H,19,22)/t9-,13+/m0/s1. The van der Waals surface area contributed by atoms with E-state index in [1.165, 1.54) is 6.07 Å². The largest absolute Gasteiger partial charge is 0.393 e. The molecule has 0 unspecified atom stereocenters. The van der Waals surface area contributed by atoms with Crippen LogP contribution in [0.25, 0.3) is 0 Å². The fourth-order valence-electron chi connectivity index (χ4n) is 2.50. The Morgan fingerprint density at radius 1 is 1.27 bits per heavy atom. The van der Waals surface area contributed by atoms with E-state index >= 15 is 0 Å². The fraction of sp³-hybridized carbons (Fsp3) is 0.467. The lowest BCUT2D eigenvalue weighted by molar-refractivity contribution is -0.136. The van der Waals surface area contributed by atoms with E-state index < -0.39 is 23.7 Å². The highest BCUT2D eigenvalue weighted by molar-refractivity contribution is 6.41. The molecular weight excluding hydrogens is 311 g/mol. The highest BCUT2D eigenvalue weighted by Crippen LogP contribution is 2.24. The lowest BCUT2D eigenvalue weighted by atomic mass is 9.86. The Hall–Kier alpha value is -1.66. The van der Waals surface area contributed by atoms with Gasteiger partial charge in [0.25, 0.3) is 0 Å². The Morgan fingerprint density at radius 3 is 2.68 bits per heavy atom. The van der Waals surface area contributed by atoms with Gasteiger partial charge in [-0.05, 0) is 31.0 Å². The zero-order valence-electron chi connectivity index (χ0n) is 11.9. The van der Waals surface area contributed by atoms with Gasteiger partial charge in [-0.2, -0.15) is 0 Å². The Balaban J connectivity index is 1.85. The number of anilines is 1. The summed E-state index contributed by atoms with van der Waals surface area (Å²) in [7, 11) is 0. The number of rotatable bonds is 3. The minimum atomic E-state index is -0.876. The van der Waals surface area contributed by atoms with E-state index in [-0.39, 0.29) is 23.2 Å². The van der Waals surface area contributed by atoms with E-state index in [1.54, 1.807) is 0 Å². The van der Waals surface area contributed by atoms with Gasteiger partial charge in [-0.25, -0.2) is 4.39 Å². The summed E-state index contributed by atoms with van der Waals surface area (Å²) < 4.78 is 12.9. The van der Waals surface area contributed by atoms with E-state index in [9.17, 15) is 19.1 Å². The number of amides is 2. The van der Waals surface area contributed by atoms with E-state index in [2.05, 4.69) is 10.6 Å². The monoisotopic (exact) mass is 328 g/mol. The van der Waals surface area contributed by atoms with E-state index in [1.807, 2.05) is 0 Å². The summed E-state index contributed by atoms with van der Waals surface area (Å²) in [6, 6.07) is 3.47. The number of aliphatic hydroxyl groups excluding tert-OH is 1. The molecular formula is C15H18ClFN2O3. The summed E-state index contributed by atoms with van der Waals surface area (Å²) in [5, 5.41) is 14.7. The quantitative estimate of drug-likeness (QED) is 0.743. The van der Waals surface area contributed by atoms with Crippen LogP contribution in [-0.4, -0.2) is 29.6 Å². The van der Waals surface area contributed by atoms with Crippen LogP contribution in [0, 0.1) is 11.7 Å². The molecule has 1 aromatic rings. The molecule has 2 atom stereocenters. The molecule has 1 fully saturated rings. The Kier molecular flexibility index (Phi) is 5.74. The van der Waals surface area contributed by atoms with Gasteiger partial charge in [0.05, 0.1) is 16.8 Å². The molecule has 1 aromatic carbocycles. The molecule has 120 valence electrons. The summed E-state index contributed by atoms with van der Waals surface area (Å²) >= 11 is 5.78. The van der Waals surface area contributed by atoms with Crippen LogP contribution in [0.15, 0.2) is 18.2 Å². The highest BCUT2D eigenvalue weighted by atomic mass is 35.5. The van der Waals surface area contributed by atoms with Crippen molar-refractivity contribution in [1.82, 2.24) is 5.32 Å². The van der Waals surface area contributed by atoms with Gasteiger partial charge in [0.2, 0.25) is 0 Å². The van der Waals surface area contributed by atoms with Crippen molar-refractivity contribution >= 4 is 29.1 Å². The summed E-state index contributed by atoms with van der Waals surface area (Å²) in [5.74, 6) is -2.24. The van der Waals surface area contributed by atoms with Gasteiger partial charge in [-0.15, -0.1) is 0 Å². The molecule has 0 spiro atoms. The lowest BCUT2D eigenvalue weighted by Crippen LogP contribution is -2.41. The van der Waals surface area contributed by atoms with E-state index in [0.29, 0.717) is 0 Å². The van der Waals surface area contributed by atoms with Crippen LogP contribution in [0.5, 0.6) is 0 Å². The second-order valence-electron chi connectivity index (χ2n) is 5.40. The minimum Gasteiger partial charge on any atom is -0.393 e. The van der Waals surface area contributed by atoms with Gasteiger partial charge in [0.1, 0.15) is 5.82 Å². The third kappa shape index (κ3) is 4.42. The second kappa shape index (κ2) is 7.56. The summed E-state index contributed by atoms with van der Waals surface area (Å²) in [6.07, 6.45) is 3.10. The molecule has 2 rings (SSSR count). The van der Waals surface area contributed by atoms with Gasteiger partial charge in [-0.3, -0.25) is 9.59 Å². The number of nitrogens with one attached hydrogen (secondary N) is 2. The Morgan fingerprint density at radius 2 is 2.00 bits per heavy atom. The SMILES string of the molecule is O=C(NC[C@@H]1CCCC[C@H]1O)C(=O)Nc1ccc(F)cc1Cl. The Labute approximate surface area is 132 Å². The molecule has 7 heteroatoms. The average Bonchev–Trinajstić information content (AvgIpc) is 2.49. The summed E-state index contributed by atoms with van der Waals surface area (Å²) in [4.78, 5) is 23.5. The first-order valence-electron chi connectivity index (χ1n) is 7.19. The van der Waals surface area contributed by atoms with Crippen LogP contribution in [0.2, 0.25) is 5.02 Å². The lowest BCUT2D eigenvalue weighted by Gasteiger charge is -2.27. The van der Waals surface area contributed by atoms with E-state index in [0.717, 1.165) is 37.8 Å². The van der Waals surface area contributed by atoms with Crippen LogP contribution < -0.4 is 10.6 Å². The molecule has 0 radical (unpaired) electrons. The van der Waals surface area contributed by atoms with E-state index in [4.69, 9.17) is 11.6 Å². The number of aliphatic hydroxyl groups is 1. The minimum absolute atomic E-state index is 0.0175. The van der Waals surface area contributed by atoms with Crippen molar-refractivity contribution in [3.63, 3.8) is 0 Å². The van der Waals surface area contributed by atoms with Gasteiger partial charge < -0.3 is 15.7 Å². The molecule has 3 N–H and O–H groups in total. The van der Waals surface area contributed by atoms with Crippen LogP contribution in [-0.2, 0) is 9.59 Å². The third-order valence-corrected chi connectivity index (χ3v) is 4.09. The molecule has 1 aliphatic rings. The molecule has 1 saturated carbocycles. The molecule has 2 amide bonds. The number of benzene rings is 1. The van der Waals surface area contributed by atoms with Crippen molar-refractivity contribution < 1.29 is 19.1 Å². The molecule has 0 aromatic heterocycles. The average molecular weight is 329 g/mol. The van der Waals surface area contributed by atoms with Crippen LogP contribution in [0.1, 0.15) is 25.7 Å². The zero-order valence-corrected chi connectivity index (χ0v) is 12.7. The normalized spacial score (nSPS) is 21.2. The molecule has 1 aliphatic carbocycles. The van der Waals surface area contributed by atoms with Crippen LogP contribution >= 0.6 is 11.6 Å².